The largest absolute Gasteiger partial charge is 0.456 e. The topological polar surface area (TPSA) is 66.1 Å². The molecule has 1 heterocycles. The van der Waals surface area contributed by atoms with Gasteiger partial charge in [-0.15, -0.1) is 0 Å². The van der Waals surface area contributed by atoms with E-state index in [-0.39, 0.29) is 0 Å². The molecule has 0 aliphatic carbocycles. The summed E-state index contributed by atoms with van der Waals surface area (Å²) in [5, 5.41) is 18.3. The Morgan fingerprint density at radius 1 is 1.21 bits per heavy atom. The molecule has 2 aromatic rings. The summed E-state index contributed by atoms with van der Waals surface area (Å²) in [5.74, 6) is 1.24. The summed E-state index contributed by atoms with van der Waals surface area (Å²) in [6.45, 7) is 1.90. The van der Waals surface area contributed by atoms with Crippen LogP contribution >= 0.6 is 0 Å². The van der Waals surface area contributed by atoms with E-state index < -0.39 is 6.10 Å². The van der Waals surface area contributed by atoms with Gasteiger partial charge in [-0.05, 0) is 42.8 Å². The van der Waals surface area contributed by atoms with Gasteiger partial charge in [-0.2, -0.15) is 5.26 Å². The third-order valence-corrected chi connectivity index (χ3v) is 2.71. The number of aliphatic hydroxyl groups excluding tert-OH is 1. The highest BCUT2D eigenvalue weighted by atomic mass is 16.5. The number of rotatable bonds is 4. The van der Waals surface area contributed by atoms with Crippen molar-refractivity contribution in [3.05, 3.63) is 53.9 Å². The predicted molar refractivity (Wildman–Crippen MR) is 70.7 cm³/mol. The molecule has 0 saturated carbocycles. The Kier molecular flexibility index (Phi) is 4.11. The zero-order chi connectivity index (χ0) is 13.7. The van der Waals surface area contributed by atoms with Gasteiger partial charge in [0.05, 0.1) is 29.6 Å². The second kappa shape index (κ2) is 5.98. The SMILES string of the molecule is CCC(O)c1ccc(Oc2ccc(C#N)cc2)cn1. The standard InChI is InChI=1S/C15H14N2O2/c1-2-15(18)14-8-7-13(10-17-14)19-12-5-3-11(9-16)4-6-12/h3-8,10,15,18H,2H2,1H3. The summed E-state index contributed by atoms with van der Waals surface area (Å²) >= 11 is 0. The molecule has 1 unspecified atom stereocenters. The van der Waals surface area contributed by atoms with E-state index in [0.29, 0.717) is 29.2 Å². The maximum Gasteiger partial charge on any atom is 0.145 e. The van der Waals surface area contributed by atoms with Crippen LogP contribution in [-0.2, 0) is 0 Å². The molecule has 96 valence electrons. The highest BCUT2D eigenvalue weighted by Gasteiger charge is 2.06. The van der Waals surface area contributed by atoms with Gasteiger partial charge in [0, 0.05) is 0 Å². The van der Waals surface area contributed by atoms with Gasteiger partial charge in [-0.1, -0.05) is 6.92 Å². The van der Waals surface area contributed by atoms with Crippen molar-refractivity contribution < 1.29 is 9.84 Å². The molecule has 0 bridgehead atoms. The van der Waals surface area contributed by atoms with Crippen molar-refractivity contribution in [2.24, 2.45) is 0 Å². The molecule has 1 N–H and O–H groups in total. The number of nitriles is 1. The number of aliphatic hydroxyl groups is 1. The van der Waals surface area contributed by atoms with E-state index in [1.165, 1.54) is 0 Å². The minimum Gasteiger partial charge on any atom is -0.456 e. The number of aromatic nitrogens is 1. The van der Waals surface area contributed by atoms with Gasteiger partial charge in [-0.3, -0.25) is 4.98 Å². The maximum atomic E-state index is 9.63. The van der Waals surface area contributed by atoms with Crippen LogP contribution in [0.3, 0.4) is 0 Å². The minimum atomic E-state index is -0.538. The summed E-state index contributed by atoms with van der Waals surface area (Å²) in [7, 11) is 0. The molecule has 1 aromatic carbocycles. The van der Waals surface area contributed by atoms with Crippen molar-refractivity contribution >= 4 is 0 Å². The molecule has 0 radical (unpaired) electrons. The van der Waals surface area contributed by atoms with E-state index in [9.17, 15) is 5.11 Å². The van der Waals surface area contributed by atoms with Gasteiger partial charge < -0.3 is 9.84 Å². The van der Waals surface area contributed by atoms with Crippen LogP contribution in [0.25, 0.3) is 0 Å². The van der Waals surface area contributed by atoms with Gasteiger partial charge in [-0.25, -0.2) is 0 Å². The predicted octanol–water partition coefficient (Wildman–Crippen LogP) is 3.19. The quantitative estimate of drug-likeness (QED) is 0.909. The minimum absolute atomic E-state index is 0.538. The zero-order valence-corrected chi connectivity index (χ0v) is 10.6. The lowest BCUT2D eigenvalue weighted by molar-refractivity contribution is 0.169. The molecule has 0 spiro atoms. The van der Waals surface area contributed by atoms with Gasteiger partial charge in [0.1, 0.15) is 11.5 Å². The fourth-order valence-electron chi connectivity index (χ4n) is 1.59. The van der Waals surface area contributed by atoms with Crippen LogP contribution in [0.5, 0.6) is 11.5 Å². The van der Waals surface area contributed by atoms with Crippen LogP contribution in [0.15, 0.2) is 42.6 Å². The first kappa shape index (κ1) is 13.1. The van der Waals surface area contributed by atoms with Crippen LogP contribution in [-0.4, -0.2) is 10.1 Å². The Morgan fingerprint density at radius 3 is 2.42 bits per heavy atom. The third-order valence-electron chi connectivity index (χ3n) is 2.71. The summed E-state index contributed by atoms with van der Waals surface area (Å²) < 4.78 is 5.59. The summed E-state index contributed by atoms with van der Waals surface area (Å²) in [5.41, 5.74) is 1.22. The zero-order valence-electron chi connectivity index (χ0n) is 10.6. The Labute approximate surface area is 111 Å². The lowest BCUT2D eigenvalue weighted by Crippen LogP contribution is -1.98. The van der Waals surface area contributed by atoms with Crippen LogP contribution in [0, 0.1) is 11.3 Å². The first-order valence-corrected chi connectivity index (χ1v) is 6.05. The third kappa shape index (κ3) is 3.30. The molecule has 1 aromatic heterocycles. The smallest absolute Gasteiger partial charge is 0.145 e. The molecule has 4 nitrogen and oxygen atoms in total. The van der Waals surface area contributed by atoms with Crippen LogP contribution in [0.4, 0.5) is 0 Å². The lowest BCUT2D eigenvalue weighted by Gasteiger charge is -2.09. The van der Waals surface area contributed by atoms with E-state index in [4.69, 9.17) is 10.00 Å². The molecular formula is C15H14N2O2. The van der Waals surface area contributed by atoms with Gasteiger partial charge in [0.25, 0.3) is 0 Å². The fraction of sp³-hybridized carbons (Fsp3) is 0.200. The number of benzene rings is 1. The summed E-state index contributed by atoms with van der Waals surface area (Å²) in [6, 6.07) is 12.4. The molecule has 4 heteroatoms. The van der Waals surface area contributed by atoms with Crippen molar-refractivity contribution in [2.75, 3.05) is 0 Å². The second-order valence-corrected chi connectivity index (χ2v) is 4.08. The fourth-order valence-corrected chi connectivity index (χ4v) is 1.59. The molecule has 0 aliphatic rings. The van der Waals surface area contributed by atoms with E-state index in [2.05, 4.69) is 4.98 Å². The van der Waals surface area contributed by atoms with E-state index in [1.807, 2.05) is 13.0 Å². The van der Waals surface area contributed by atoms with Crippen molar-refractivity contribution in [1.82, 2.24) is 4.98 Å². The number of ether oxygens (including phenoxy) is 1. The van der Waals surface area contributed by atoms with Crippen molar-refractivity contribution in [3.8, 4) is 17.6 Å². The molecule has 1 atom stereocenters. The van der Waals surface area contributed by atoms with Crippen molar-refractivity contribution in [1.29, 1.82) is 5.26 Å². The Morgan fingerprint density at radius 2 is 1.89 bits per heavy atom. The van der Waals surface area contributed by atoms with Crippen molar-refractivity contribution in [3.63, 3.8) is 0 Å². The first-order valence-electron chi connectivity index (χ1n) is 6.05. The highest BCUT2D eigenvalue weighted by molar-refractivity contribution is 5.36. The molecule has 0 aliphatic heterocycles. The molecule has 0 amide bonds. The number of hydrogen-bond donors (Lipinski definition) is 1. The van der Waals surface area contributed by atoms with Crippen molar-refractivity contribution in [2.45, 2.75) is 19.4 Å². The average molecular weight is 254 g/mol. The Balaban J connectivity index is 2.08. The average Bonchev–Trinajstić information content (AvgIpc) is 2.48. The van der Waals surface area contributed by atoms with E-state index >= 15 is 0 Å². The summed E-state index contributed by atoms with van der Waals surface area (Å²) in [6.07, 6.45) is 1.67. The molecule has 0 fully saturated rings. The van der Waals surface area contributed by atoms with Crippen LogP contribution in [0.2, 0.25) is 0 Å². The molecule has 2 rings (SSSR count). The van der Waals surface area contributed by atoms with Crippen LogP contribution < -0.4 is 4.74 Å². The monoisotopic (exact) mass is 254 g/mol. The number of pyridine rings is 1. The second-order valence-electron chi connectivity index (χ2n) is 4.08. The lowest BCUT2D eigenvalue weighted by atomic mass is 10.2. The molecular weight excluding hydrogens is 240 g/mol. The van der Waals surface area contributed by atoms with E-state index in [1.54, 1.807) is 42.6 Å². The van der Waals surface area contributed by atoms with E-state index in [0.717, 1.165) is 0 Å². The highest BCUT2D eigenvalue weighted by Crippen LogP contribution is 2.22. The van der Waals surface area contributed by atoms with Crippen LogP contribution in [0.1, 0.15) is 30.7 Å². The maximum absolute atomic E-state index is 9.63. The Hall–Kier alpha value is -2.38. The van der Waals surface area contributed by atoms with Gasteiger partial charge in [0.2, 0.25) is 0 Å². The first-order chi connectivity index (χ1) is 9.22. The molecule has 19 heavy (non-hydrogen) atoms. The number of nitrogens with zero attached hydrogens (tertiary/aromatic N) is 2. The van der Waals surface area contributed by atoms with Gasteiger partial charge in [0.15, 0.2) is 0 Å². The normalized spacial score (nSPS) is 11.6. The van der Waals surface area contributed by atoms with Gasteiger partial charge >= 0.3 is 0 Å². The molecule has 0 saturated heterocycles. The number of hydrogen-bond acceptors (Lipinski definition) is 4. The summed E-state index contributed by atoms with van der Waals surface area (Å²) in [4.78, 5) is 4.15. The Bertz CT molecular complexity index is 571.